The minimum absolute atomic E-state index is 0.146. The van der Waals surface area contributed by atoms with Gasteiger partial charge in [0.05, 0.1) is 5.56 Å². The van der Waals surface area contributed by atoms with Gasteiger partial charge in [-0.2, -0.15) is 0 Å². The number of aromatic carboxylic acids is 1. The molecule has 3 nitrogen and oxygen atoms in total. The van der Waals surface area contributed by atoms with Gasteiger partial charge in [0.1, 0.15) is 5.75 Å². The Hall–Kier alpha value is -2.03. The van der Waals surface area contributed by atoms with Crippen LogP contribution in [0.4, 0.5) is 0 Å². The standard InChI is InChI=1S/C13H12O3/c1-2-8-3-4-9-7-10(14)5-6-11(9)12(8)13(15)16/h3-7,14H,2H2,1H3,(H,15,16). The molecule has 2 aromatic carbocycles. The van der Waals surface area contributed by atoms with E-state index >= 15 is 0 Å². The first-order chi connectivity index (χ1) is 7.63. The average Bonchev–Trinajstić information content (AvgIpc) is 2.26. The van der Waals surface area contributed by atoms with E-state index in [0.29, 0.717) is 17.4 Å². The number of phenols is 1. The lowest BCUT2D eigenvalue weighted by atomic mass is 9.97. The monoisotopic (exact) mass is 216 g/mol. The van der Waals surface area contributed by atoms with E-state index in [9.17, 15) is 15.0 Å². The van der Waals surface area contributed by atoms with Crippen molar-refractivity contribution in [2.75, 3.05) is 0 Å². The van der Waals surface area contributed by atoms with E-state index in [0.717, 1.165) is 10.9 Å². The van der Waals surface area contributed by atoms with Crippen molar-refractivity contribution in [3.05, 3.63) is 41.5 Å². The van der Waals surface area contributed by atoms with Crippen LogP contribution in [0.5, 0.6) is 5.75 Å². The number of aryl methyl sites for hydroxylation is 1. The third-order valence-electron chi connectivity index (χ3n) is 2.68. The fourth-order valence-corrected chi connectivity index (χ4v) is 1.91. The van der Waals surface area contributed by atoms with Crippen LogP contribution in [0, 0.1) is 0 Å². The molecule has 0 heterocycles. The largest absolute Gasteiger partial charge is 0.508 e. The van der Waals surface area contributed by atoms with E-state index in [1.165, 1.54) is 6.07 Å². The molecule has 0 aliphatic carbocycles. The zero-order chi connectivity index (χ0) is 11.7. The Morgan fingerprint density at radius 2 is 2.00 bits per heavy atom. The molecule has 2 aromatic rings. The Morgan fingerprint density at radius 1 is 1.25 bits per heavy atom. The van der Waals surface area contributed by atoms with Crippen molar-refractivity contribution in [1.29, 1.82) is 0 Å². The lowest BCUT2D eigenvalue weighted by molar-refractivity contribution is 0.0698. The fraction of sp³-hybridized carbons (Fsp3) is 0.154. The summed E-state index contributed by atoms with van der Waals surface area (Å²) in [6.07, 6.45) is 0.679. The molecule has 0 saturated heterocycles. The Labute approximate surface area is 93.0 Å². The quantitative estimate of drug-likeness (QED) is 0.811. The number of carboxylic acid groups (broad SMARTS) is 1. The maximum Gasteiger partial charge on any atom is 0.336 e. The minimum atomic E-state index is -0.923. The number of phenolic OH excluding ortho intramolecular Hbond substituents is 1. The predicted octanol–water partition coefficient (Wildman–Crippen LogP) is 2.81. The summed E-state index contributed by atoms with van der Waals surface area (Å²) in [5, 5.41) is 20.0. The minimum Gasteiger partial charge on any atom is -0.508 e. The van der Waals surface area contributed by atoms with Gasteiger partial charge in [-0.1, -0.05) is 19.1 Å². The molecule has 0 spiro atoms. The van der Waals surface area contributed by atoms with Crippen LogP contribution >= 0.6 is 0 Å². The maximum absolute atomic E-state index is 11.2. The van der Waals surface area contributed by atoms with Gasteiger partial charge in [-0.3, -0.25) is 0 Å². The molecule has 16 heavy (non-hydrogen) atoms. The summed E-state index contributed by atoms with van der Waals surface area (Å²) in [6.45, 7) is 1.92. The maximum atomic E-state index is 11.2. The number of carbonyl (C=O) groups is 1. The summed E-state index contributed by atoms with van der Waals surface area (Å²) in [6, 6.07) is 8.36. The molecule has 2 N–H and O–H groups in total. The second-order valence-corrected chi connectivity index (χ2v) is 3.66. The van der Waals surface area contributed by atoms with Crippen LogP contribution in [0.2, 0.25) is 0 Å². The molecule has 0 amide bonds. The van der Waals surface area contributed by atoms with Crippen LogP contribution in [0.3, 0.4) is 0 Å². The number of aromatic hydroxyl groups is 1. The van der Waals surface area contributed by atoms with Crippen molar-refractivity contribution in [2.45, 2.75) is 13.3 Å². The Balaban J connectivity index is 2.84. The summed E-state index contributed by atoms with van der Waals surface area (Å²) in [5.74, 6) is -0.777. The SMILES string of the molecule is CCc1ccc2cc(O)ccc2c1C(=O)O. The first-order valence-electron chi connectivity index (χ1n) is 5.11. The Kier molecular flexibility index (Phi) is 2.52. The molecule has 0 aliphatic rings. The molecule has 82 valence electrons. The van der Waals surface area contributed by atoms with E-state index in [1.807, 2.05) is 13.0 Å². The van der Waals surface area contributed by atoms with Crippen molar-refractivity contribution >= 4 is 16.7 Å². The zero-order valence-electron chi connectivity index (χ0n) is 8.90. The summed E-state index contributed by atoms with van der Waals surface area (Å²) in [4.78, 5) is 11.2. The van der Waals surface area contributed by atoms with Gasteiger partial charge < -0.3 is 10.2 Å². The lowest BCUT2D eigenvalue weighted by Crippen LogP contribution is -2.02. The number of hydrogen-bond donors (Lipinski definition) is 2. The molecule has 0 atom stereocenters. The fourth-order valence-electron chi connectivity index (χ4n) is 1.91. The molecular formula is C13H12O3. The Morgan fingerprint density at radius 3 is 2.62 bits per heavy atom. The molecule has 0 bridgehead atoms. The molecule has 3 heteroatoms. The van der Waals surface area contributed by atoms with Crippen LogP contribution in [-0.4, -0.2) is 16.2 Å². The number of benzene rings is 2. The predicted molar refractivity (Wildman–Crippen MR) is 62.0 cm³/mol. The van der Waals surface area contributed by atoms with Gasteiger partial charge in [-0.05, 0) is 41.0 Å². The van der Waals surface area contributed by atoms with Crippen molar-refractivity contribution < 1.29 is 15.0 Å². The Bertz CT molecular complexity index is 558. The summed E-state index contributed by atoms with van der Waals surface area (Å²) in [5.41, 5.74) is 1.14. The average molecular weight is 216 g/mol. The number of rotatable bonds is 2. The first-order valence-corrected chi connectivity index (χ1v) is 5.11. The first kappa shape index (κ1) is 10.5. The molecule has 0 saturated carbocycles. The molecule has 0 radical (unpaired) electrons. The summed E-state index contributed by atoms with van der Waals surface area (Å²) in [7, 11) is 0. The summed E-state index contributed by atoms with van der Waals surface area (Å²) >= 11 is 0. The number of fused-ring (bicyclic) bond motifs is 1. The van der Waals surface area contributed by atoms with Gasteiger partial charge in [-0.15, -0.1) is 0 Å². The van der Waals surface area contributed by atoms with Crippen LogP contribution in [0.1, 0.15) is 22.8 Å². The molecule has 0 fully saturated rings. The van der Waals surface area contributed by atoms with Crippen molar-refractivity contribution in [2.24, 2.45) is 0 Å². The van der Waals surface area contributed by atoms with E-state index in [1.54, 1.807) is 18.2 Å². The third kappa shape index (κ3) is 1.60. The molecule has 0 aliphatic heterocycles. The topological polar surface area (TPSA) is 57.5 Å². The van der Waals surface area contributed by atoms with Gasteiger partial charge in [-0.25, -0.2) is 4.79 Å². The van der Waals surface area contributed by atoms with Crippen LogP contribution in [-0.2, 0) is 6.42 Å². The van der Waals surface area contributed by atoms with E-state index in [2.05, 4.69) is 0 Å². The van der Waals surface area contributed by atoms with Crippen LogP contribution in [0.15, 0.2) is 30.3 Å². The van der Waals surface area contributed by atoms with Gasteiger partial charge in [0.25, 0.3) is 0 Å². The van der Waals surface area contributed by atoms with Crippen molar-refractivity contribution in [3.8, 4) is 5.75 Å². The normalized spacial score (nSPS) is 10.6. The molecular weight excluding hydrogens is 204 g/mol. The van der Waals surface area contributed by atoms with Crippen molar-refractivity contribution in [3.63, 3.8) is 0 Å². The highest BCUT2D eigenvalue weighted by molar-refractivity contribution is 6.05. The second kappa shape index (κ2) is 3.85. The van der Waals surface area contributed by atoms with Gasteiger partial charge >= 0.3 is 5.97 Å². The van der Waals surface area contributed by atoms with E-state index < -0.39 is 5.97 Å². The smallest absolute Gasteiger partial charge is 0.336 e. The molecule has 2 rings (SSSR count). The van der Waals surface area contributed by atoms with Gasteiger partial charge in [0.2, 0.25) is 0 Å². The van der Waals surface area contributed by atoms with Crippen LogP contribution < -0.4 is 0 Å². The highest BCUT2D eigenvalue weighted by Gasteiger charge is 2.13. The number of hydrogen-bond acceptors (Lipinski definition) is 2. The zero-order valence-corrected chi connectivity index (χ0v) is 8.90. The third-order valence-corrected chi connectivity index (χ3v) is 2.68. The second-order valence-electron chi connectivity index (χ2n) is 3.66. The highest BCUT2D eigenvalue weighted by atomic mass is 16.4. The van der Waals surface area contributed by atoms with E-state index in [-0.39, 0.29) is 5.75 Å². The lowest BCUT2D eigenvalue weighted by Gasteiger charge is -2.08. The summed E-state index contributed by atoms with van der Waals surface area (Å²) < 4.78 is 0. The van der Waals surface area contributed by atoms with Crippen molar-refractivity contribution in [1.82, 2.24) is 0 Å². The number of carboxylic acids is 1. The molecule has 0 unspecified atom stereocenters. The van der Waals surface area contributed by atoms with Gasteiger partial charge in [0, 0.05) is 0 Å². The molecule has 0 aromatic heterocycles. The van der Waals surface area contributed by atoms with Gasteiger partial charge in [0.15, 0.2) is 0 Å². The van der Waals surface area contributed by atoms with E-state index in [4.69, 9.17) is 0 Å². The van der Waals surface area contributed by atoms with Crippen LogP contribution in [0.25, 0.3) is 10.8 Å². The highest BCUT2D eigenvalue weighted by Crippen LogP contribution is 2.26.